The van der Waals surface area contributed by atoms with Gasteiger partial charge in [0, 0.05) is 43.3 Å². The molecule has 1 aromatic heterocycles. The number of nitrogens with zero attached hydrogens (tertiary/aromatic N) is 3. The first-order valence-corrected chi connectivity index (χ1v) is 6.90. The van der Waals surface area contributed by atoms with E-state index in [4.69, 9.17) is 5.11 Å². The summed E-state index contributed by atoms with van der Waals surface area (Å²) in [6.45, 7) is 0.287. The summed E-state index contributed by atoms with van der Waals surface area (Å²) in [5, 5.41) is 22.4. The summed E-state index contributed by atoms with van der Waals surface area (Å²) in [6.07, 6.45) is 3.28. The Morgan fingerprint density at radius 2 is 2.04 bits per heavy atom. The second-order valence-electron chi connectivity index (χ2n) is 4.74. The molecule has 120 valence electrons. The second-order valence-corrected chi connectivity index (χ2v) is 4.74. The van der Waals surface area contributed by atoms with Crippen molar-refractivity contribution in [3.8, 4) is 0 Å². The summed E-state index contributed by atoms with van der Waals surface area (Å²) in [7, 11) is 0. The SMILES string of the molecule is O=C(Nc1ccc([N+](=O)[O-])cc1)N(CCO)Cc1cccnc1. The zero-order valence-corrected chi connectivity index (χ0v) is 12.3. The zero-order valence-electron chi connectivity index (χ0n) is 12.3. The van der Waals surface area contributed by atoms with Crippen LogP contribution in [0.5, 0.6) is 0 Å². The van der Waals surface area contributed by atoms with Crippen LogP contribution in [0.3, 0.4) is 0 Å². The predicted octanol–water partition coefficient (Wildman–Crippen LogP) is 2.02. The van der Waals surface area contributed by atoms with Crippen LogP contribution in [0.4, 0.5) is 16.2 Å². The number of rotatable bonds is 6. The predicted molar refractivity (Wildman–Crippen MR) is 83.8 cm³/mol. The highest BCUT2D eigenvalue weighted by Crippen LogP contribution is 2.16. The van der Waals surface area contributed by atoms with Crippen LogP contribution in [0.15, 0.2) is 48.8 Å². The molecule has 0 radical (unpaired) electrons. The molecule has 0 unspecified atom stereocenters. The maximum atomic E-state index is 12.3. The van der Waals surface area contributed by atoms with Gasteiger partial charge in [-0.2, -0.15) is 0 Å². The van der Waals surface area contributed by atoms with Crippen molar-refractivity contribution in [3.63, 3.8) is 0 Å². The standard InChI is InChI=1S/C15H16N4O4/c20-9-8-18(11-12-2-1-7-16-10-12)15(21)17-13-3-5-14(6-4-13)19(22)23/h1-7,10,20H,8-9,11H2,(H,17,21). The van der Waals surface area contributed by atoms with Crippen LogP contribution in [0.2, 0.25) is 0 Å². The second kappa shape index (κ2) is 7.85. The van der Waals surface area contributed by atoms with Gasteiger partial charge >= 0.3 is 6.03 Å². The number of urea groups is 1. The number of aliphatic hydroxyl groups excluding tert-OH is 1. The van der Waals surface area contributed by atoms with E-state index in [2.05, 4.69) is 10.3 Å². The third kappa shape index (κ3) is 4.75. The van der Waals surface area contributed by atoms with Crippen LogP contribution in [0.1, 0.15) is 5.56 Å². The van der Waals surface area contributed by atoms with Crippen molar-refractivity contribution in [2.24, 2.45) is 0 Å². The van der Waals surface area contributed by atoms with E-state index in [0.717, 1.165) is 5.56 Å². The number of amides is 2. The Labute approximate surface area is 132 Å². The van der Waals surface area contributed by atoms with Gasteiger partial charge in [-0.15, -0.1) is 0 Å². The highest BCUT2D eigenvalue weighted by atomic mass is 16.6. The Balaban J connectivity index is 2.04. The molecule has 0 aliphatic rings. The van der Waals surface area contributed by atoms with E-state index in [-0.39, 0.29) is 18.8 Å². The lowest BCUT2D eigenvalue weighted by Gasteiger charge is -2.22. The molecule has 0 aliphatic heterocycles. The molecule has 2 N–H and O–H groups in total. The third-order valence-corrected chi connectivity index (χ3v) is 3.08. The Morgan fingerprint density at radius 3 is 2.61 bits per heavy atom. The molecule has 1 aromatic carbocycles. The maximum absolute atomic E-state index is 12.3. The molecule has 0 bridgehead atoms. The third-order valence-electron chi connectivity index (χ3n) is 3.08. The van der Waals surface area contributed by atoms with E-state index in [0.29, 0.717) is 12.2 Å². The fraction of sp³-hybridized carbons (Fsp3) is 0.200. The quantitative estimate of drug-likeness (QED) is 0.626. The molecule has 0 atom stereocenters. The van der Waals surface area contributed by atoms with Crippen LogP contribution < -0.4 is 5.32 Å². The van der Waals surface area contributed by atoms with Crippen molar-refractivity contribution in [2.45, 2.75) is 6.54 Å². The Bertz CT molecular complexity index is 661. The van der Waals surface area contributed by atoms with Gasteiger partial charge in [-0.25, -0.2) is 4.79 Å². The molecule has 8 nitrogen and oxygen atoms in total. The number of anilines is 1. The van der Waals surface area contributed by atoms with Crippen molar-refractivity contribution < 1.29 is 14.8 Å². The van der Waals surface area contributed by atoms with Crippen molar-refractivity contribution >= 4 is 17.4 Å². The molecule has 0 fully saturated rings. The first kappa shape index (κ1) is 16.4. The fourth-order valence-corrected chi connectivity index (χ4v) is 1.95. The number of pyridine rings is 1. The largest absolute Gasteiger partial charge is 0.395 e. The number of aliphatic hydroxyl groups is 1. The molecular weight excluding hydrogens is 300 g/mol. The summed E-state index contributed by atoms with van der Waals surface area (Å²) in [4.78, 5) is 27.8. The molecule has 8 heteroatoms. The van der Waals surface area contributed by atoms with Crippen molar-refractivity contribution in [1.82, 2.24) is 9.88 Å². The number of carbonyl (C=O) groups is 1. The molecule has 2 aromatic rings. The topological polar surface area (TPSA) is 109 Å². The summed E-state index contributed by atoms with van der Waals surface area (Å²) in [6, 6.07) is 8.73. The highest BCUT2D eigenvalue weighted by molar-refractivity contribution is 5.89. The lowest BCUT2D eigenvalue weighted by Crippen LogP contribution is -2.36. The molecular formula is C15H16N4O4. The molecule has 1 heterocycles. The Hall–Kier alpha value is -3.00. The van der Waals surface area contributed by atoms with E-state index in [1.54, 1.807) is 18.5 Å². The summed E-state index contributed by atoms with van der Waals surface area (Å²) in [5.74, 6) is 0. The van der Waals surface area contributed by atoms with Crippen LogP contribution >= 0.6 is 0 Å². The van der Waals surface area contributed by atoms with Gasteiger partial charge in [0.15, 0.2) is 0 Å². The number of aromatic nitrogens is 1. The van der Waals surface area contributed by atoms with E-state index >= 15 is 0 Å². The van der Waals surface area contributed by atoms with Crippen LogP contribution in [-0.2, 0) is 6.54 Å². The molecule has 0 spiro atoms. The smallest absolute Gasteiger partial charge is 0.322 e. The first-order chi connectivity index (χ1) is 11.1. The van der Waals surface area contributed by atoms with Crippen molar-refractivity contribution in [3.05, 3.63) is 64.5 Å². The normalized spacial score (nSPS) is 10.1. The lowest BCUT2D eigenvalue weighted by atomic mass is 10.2. The number of nitro groups is 1. The fourth-order valence-electron chi connectivity index (χ4n) is 1.95. The van der Waals surface area contributed by atoms with Gasteiger partial charge in [-0.3, -0.25) is 15.1 Å². The number of nitrogens with one attached hydrogen (secondary N) is 1. The number of hydrogen-bond acceptors (Lipinski definition) is 5. The minimum absolute atomic E-state index is 0.0504. The van der Waals surface area contributed by atoms with Gasteiger partial charge < -0.3 is 15.3 Å². The van der Waals surface area contributed by atoms with Gasteiger partial charge in [-0.1, -0.05) is 6.07 Å². The zero-order chi connectivity index (χ0) is 16.7. The van der Waals surface area contributed by atoms with Crippen molar-refractivity contribution in [2.75, 3.05) is 18.5 Å². The Kier molecular flexibility index (Phi) is 5.59. The lowest BCUT2D eigenvalue weighted by molar-refractivity contribution is -0.384. The molecule has 0 aliphatic carbocycles. The summed E-state index contributed by atoms with van der Waals surface area (Å²) >= 11 is 0. The minimum atomic E-state index is -0.508. The first-order valence-electron chi connectivity index (χ1n) is 6.90. The molecule has 0 saturated carbocycles. The van der Waals surface area contributed by atoms with Crippen LogP contribution in [-0.4, -0.2) is 39.1 Å². The number of benzene rings is 1. The maximum Gasteiger partial charge on any atom is 0.322 e. The number of non-ortho nitro benzene ring substituents is 1. The molecule has 0 saturated heterocycles. The Morgan fingerprint density at radius 1 is 1.30 bits per heavy atom. The van der Waals surface area contributed by atoms with Gasteiger partial charge in [0.1, 0.15) is 0 Å². The minimum Gasteiger partial charge on any atom is -0.395 e. The number of nitro benzene ring substituents is 1. The molecule has 2 rings (SSSR count). The van der Waals surface area contributed by atoms with E-state index in [1.165, 1.54) is 29.2 Å². The number of hydrogen-bond donors (Lipinski definition) is 2. The average Bonchev–Trinajstić information content (AvgIpc) is 2.56. The monoisotopic (exact) mass is 316 g/mol. The van der Waals surface area contributed by atoms with Gasteiger partial charge in [-0.05, 0) is 23.8 Å². The van der Waals surface area contributed by atoms with Gasteiger partial charge in [0.25, 0.3) is 5.69 Å². The van der Waals surface area contributed by atoms with Crippen LogP contribution in [0, 0.1) is 10.1 Å². The van der Waals surface area contributed by atoms with Gasteiger partial charge in [0.05, 0.1) is 11.5 Å². The summed E-state index contributed by atoms with van der Waals surface area (Å²) < 4.78 is 0. The average molecular weight is 316 g/mol. The van der Waals surface area contributed by atoms with Crippen molar-refractivity contribution in [1.29, 1.82) is 0 Å². The number of carbonyl (C=O) groups excluding carboxylic acids is 1. The summed E-state index contributed by atoms with van der Waals surface area (Å²) in [5.41, 5.74) is 1.22. The van der Waals surface area contributed by atoms with E-state index in [1.807, 2.05) is 6.07 Å². The van der Waals surface area contributed by atoms with E-state index < -0.39 is 11.0 Å². The molecule has 23 heavy (non-hydrogen) atoms. The van der Waals surface area contributed by atoms with Crippen LogP contribution in [0.25, 0.3) is 0 Å². The van der Waals surface area contributed by atoms with E-state index in [9.17, 15) is 14.9 Å². The van der Waals surface area contributed by atoms with Gasteiger partial charge in [0.2, 0.25) is 0 Å². The highest BCUT2D eigenvalue weighted by Gasteiger charge is 2.14. The molecule has 2 amide bonds.